The summed E-state index contributed by atoms with van der Waals surface area (Å²) in [5, 5.41) is 0. The SMILES string of the molecule is CCCCCCCCC(=O)CC(C)c1ccccc1. The molecule has 1 unspecified atom stereocenters. The molecule has 0 heterocycles. The van der Waals surface area contributed by atoms with E-state index in [1.165, 1.54) is 37.7 Å². The molecule has 0 amide bonds. The Kier molecular flexibility index (Phi) is 8.20. The van der Waals surface area contributed by atoms with Gasteiger partial charge in [0.05, 0.1) is 0 Å². The van der Waals surface area contributed by atoms with Crippen molar-refractivity contribution < 1.29 is 4.79 Å². The van der Waals surface area contributed by atoms with E-state index in [2.05, 4.69) is 26.0 Å². The minimum absolute atomic E-state index is 0.355. The van der Waals surface area contributed by atoms with E-state index in [1.807, 2.05) is 18.2 Å². The Morgan fingerprint density at radius 3 is 2.32 bits per heavy atom. The van der Waals surface area contributed by atoms with Gasteiger partial charge in [-0.1, -0.05) is 76.3 Å². The molecular weight excluding hydrogens is 232 g/mol. The maximum absolute atomic E-state index is 11.9. The van der Waals surface area contributed by atoms with Crippen LogP contribution in [0.3, 0.4) is 0 Å². The fraction of sp³-hybridized carbons (Fsp3) is 0.611. The van der Waals surface area contributed by atoms with Crippen LogP contribution in [-0.2, 0) is 4.79 Å². The average Bonchev–Trinajstić information content (AvgIpc) is 2.43. The number of Topliss-reactive ketones (excluding diaryl/α,β-unsaturated/α-hetero) is 1. The number of unbranched alkanes of at least 4 members (excludes halogenated alkanes) is 5. The number of carbonyl (C=O) groups is 1. The summed E-state index contributed by atoms with van der Waals surface area (Å²) in [6.45, 7) is 4.38. The van der Waals surface area contributed by atoms with E-state index < -0.39 is 0 Å². The first-order valence-corrected chi connectivity index (χ1v) is 7.80. The second kappa shape index (κ2) is 9.77. The quantitative estimate of drug-likeness (QED) is 0.508. The van der Waals surface area contributed by atoms with Gasteiger partial charge in [0.1, 0.15) is 5.78 Å². The van der Waals surface area contributed by atoms with Gasteiger partial charge in [0, 0.05) is 12.8 Å². The summed E-state index contributed by atoms with van der Waals surface area (Å²) in [6, 6.07) is 10.3. The fourth-order valence-corrected chi connectivity index (χ4v) is 2.45. The van der Waals surface area contributed by atoms with Crippen LogP contribution in [0.2, 0.25) is 0 Å². The van der Waals surface area contributed by atoms with Crippen molar-refractivity contribution >= 4 is 5.78 Å². The van der Waals surface area contributed by atoms with E-state index in [9.17, 15) is 4.79 Å². The highest BCUT2D eigenvalue weighted by Gasteiger charge is 2.10. The summed E-state index contributed by atoms with van der Waals surface area (Å²) >= 11 is 0. The second-order valence-electron chi connectivity index (χ2n) is 5.57. The first-order chi connectivity index (χ1) is 9.24. The lowest BCUT2D eigenvalue weighted by Gasteiger charge is -2.10. The minimum Gasteiger partial charge on any atom is -0.300 e. The Balaban J connectivity index is 2.14. The molecule has 1 aromatic carbocycles. The van der Waals surface area contributed by atoms with E-state index in [4.69, 9.17) is 0 Å². The molecule has 1 atom stereocenters. The van der Waals surface area contributed by atoms with E-state index in [1.54, 1.807) is 0 Å². The number of rotatable bonds is 10. The summed E-state index contributed by atoms with van der Waals surface area (Å²) in [5.41, 5.74) is 1.28. The Morgan fingerprint density at radius 2 is 1.63 bits per heavy atom. The van der Waals surface area contributed by atoms with Crippen molar-refractivity contribution in [1.29, 1.82) is 0 Å². The van der Waals surface area contributed by atoms with Crippen molar-refractivity contribution in [2.24, 2.45) is 0 Å². The zero-order chi connectivity index (χ0) is 13.9. The third kappa shape index (κ3) is 7.15. The molecular formula is C18H28O. The first kappa shape index (κ1) is 15.9. The van der Waals surface area contributed by atoms with E-state index in [0.29, 0.717) is 18.1 Å². The normalized spacial score (nSPS) is 12.3. The summed E-state index contributed by atoms with van der Waals surface area (Å²) in [6.07, 6.45) is 8.98. The molecule has 0 aliphatic carbocycles. The lowest BCUT2D eigenvalue weighted by molar-refractivity contribution is -0.119. The molecule has 1 heteroatoms. The van der Waals surface area contributed by atoms with E-state index in [0.717, 1.165) is 12.8 Å². The lowest BCUT2D eigenvalue weighted by Crippen LogP contribution is -2.04. The topological polar surface area (TPSA) is 17.1 Å². The van der Waals surface area contributed by atoms with Crippen LogP contribution < -0.4 is 0 Å². The Morgan fingerprint density at radius 1 is 1.00 bits per heavy atom. The van der Waals surface area contributed by atoms with Crippen molar-refractivity contribution in [2.45, 2.75) is 71.1 Å². The van der Waals surface area contributed by atoms with Crippen LogP contribution in [0.1, 0.15) is 76.7 Å². The van der Waals surface area contributed by atoms with Gasteiger partial charge in [-0.2, -0.15) is 0 Å². The molecule has 1 nitrogen and oxygen atoms in total. The van der Waals surface area contributed by atoms with Gasteiger partial charge in [0.25, 0.3) is 0 Å². The molecule has 1 rings (SSSR count). The summed E-state index contributed by atoms with van der Waals surface area (Å²) in [7, 11) is 0. The summed E-state index contributed by atoms with van der Waals surface area (Å²) < 4.78 is 0. The molecule has 0 radical (unpaired) electrons. The number of hydrogen-bond donors (Lipinski definition) is 0. The maximum atomic E-state index is 11.9. The predicted molar refractivity (Wildman–Crippen MR) is 82.5 cm³/mol. The third-order valence-electron chi connectivity index (χ3n) is 3.71. The molecule has 0 N–H and O–H groups in total. The van der Waals surface area contributed by atoms with Gasteiger partial charge in [-0.05, 0) is 17.9 Å². The third-order valence-corrected chi connectivity index (χ3v) is 3.71. The van der Waals surface area contributed by atoms with Gasteiger partial charge in [-0.15, -0.1) is 0 Å². The van der Waals surface area contributed by atoms with Crippen molar-refractivity contribution in [3.8, 4) is 0 Å². The van der Waals surface area contributed by atoms with Crippen molar-refractivity contribution in [3.63, 3.8) is 0 Å². The monoisotopic (exact) mass is 260 g/mol. The number of carbonyl (C=O) groups excluding carboxylic acids is 1. The van der Waals surface area contributed by atoms with Crippen LogP contribution in [0.4, 0.5) is 0 Å². The molecule has 0 bridgehead atoms. The highest BCUT2D eigenvalue weighted by Crippen LogP contribution is 2.20. The molecule has 0 saturated carbocycles. The summed E-state index contributed by atoms with van der Waals surface area (Å²) in [5.74, 6) is 0.778. The number of hydrogen-bond acceptors (Lipinski definition) is 1. The zero-order valence-corrected chi connectivity index (χ0v) is 12.5. The molecule has 19 heavy (non-hydrogen) atoms. The standard InChI is InChI=1S/C18H28O/c1-3-4-5-6-7-11-14-18(19)15-16(2)17-12-9-8-10-13-17/h8-10,12-13,16H,3-7,11,14-15H2,1-2H3. The largest absolute Gasteiger partial charge is 0.300 e. The maximum Gasteiger partial charge on any atom is 0.133 e. The number of ketones is 1. The Labute approximate surface area is 118 Å². The summed E-state index contributed by atoms with van der Waals surface area (Å²) in [4.78, 5) is 11.9. The van der Waals surface area contributed by atoms with Crippen LogP contribution in [0, 0.1) is 0 Å². The van der Waals surface area contributed by atoms with Crippen molar-refractivity contribution in [3.05, 3.63) is 35.9 Å². The van der Waals surface area contributed by atoms with Gasteiger partial charge in [-0.3, -0.25) is 4.79 Å². The molecule has 0 aromatic heterocycles. The molecule has 0 fully saturated rings. The van der Waals surface area contributed by atoms with Gasteiger partial charge in [0.15, 0.2) is 0 Å². The van der Waals surface area contributed by atoms with Gasteiger partial charge in [0.2, 0.25) is 0 Å². The van der Waals surface area contributed by atoms with Crippen LogP contribution in [0.25, 0.3) is 0 Å². The first-order valence-electron chi connectivity index (χ1n) is 7.80. The van der Waals surface area contributed by atoms with Gasteiger partial charge < -0.3 is 0 Å². The van der Waals surface area contributed by atoms with Crippen LogP contribution in [0.15, 0.2) is 30.3 Å². The van der Waals surface area contributed by atoms with Crippen molar-refractivity contribution in [2.75, 3.05) is 0 Å². The fourth-order valence-electron chi connectivity index (χ4n) is 2.45. The molecule has 106 valence electrons. The smallest absolute Gasteiger partial charge is 0.133 e. The Hall–Kier alpha value is -1.11. The van der Waals surface area contributed by atoms with Crippen LogP contribution in [0.5, 0.6) is 0 Å². The van der Waals surface area contributed by atoms with Gasteiger partial charge >= 0.3 is 0 Å². The minimum atomic E-state index is 0.355. The Bertz CT molecular complexity index is 342. The van der Waals surface area contributed by atoms with Gasteiger partial charge in [-0.25, -0.2) is 0 Å². The van der Waals surface area contributed by atoms with Crippen molar-refractivity contribution in [1.82, 2.24) is 0 Å². The van der Waals surface area contributed by atoms with E-state index in [-0.39, 0.29) is 0 Å². The predicted octanol–water partition coefficient (Wildman–Crippen LogP) is 5.50. The second-order valence-corrected chi connectivity index (χ2v) is 5.57. The highest BCUT2D eigenvalue weighted by atomic mass is 16.1. The average molecular weight is 260 g/mol. The highest BCUT2D eigenvalue weighted by molar-refractivity contribution is 5.79. The molecule has 0 saturated heterocycles. The molecule has 0 aliphatic rings. The molecule has 1 aromatic rings. The van der Waals surface area contributed by atoms with Crippen LogP contribution in [-0.4, -0.2) is 5.78 Å². The number of benzene rings is 1. The van der Waals surface area contributed by atoms with Crippen LogP contribution >= 0.6 is 0 Å². The zero-order valence-electron chi connectivity index (χ0n) is 12.5. The molecule has 0 aliphatic heterocycles. The van der Waals surface area contributed by atoms with E-state index >= 15 is 0 Å². The molecule has 0 spiro atoms. The lowest BCUT2D eigenvalue weighted by atomic mass is 9.94.